The third kappa shape index (κ3) is 5.78. The van der Waals surface area contributed by atoms with Gasteiger partial charge in [0.25, 0.3) is 5.56 Å². The number of alkyl halides is 3. The second-order valence-electron chi connectivity index (χ2n) is 6.73. The molecule has 0 bridgehead atoms. The van der Waals surface area contributed by atoms with Gasteiger partial charge in [0.15, 0.2) is 11.5 Å². The Bertz CT molecular complexity index is 1300. The number of rotatable bonds is 7. The van der Waals surface area contributed by atoms with E-state index in [2.05, 4.69) is 15.9 Å². The summed E-state index contributed by atoms with van der Waals surface area (Å²) in [5.74, 6) is 3.19. The van der Waals surface area contributed by atoms with E-state index in [-0.39, 0.29) is 30.0 Å². The van der Waals surface area contributed by atoms with Gasteiger partial charge in [0.05, 0.1) is 30.1 Å². The lowest BCUT2D eigenvalue weighted by Crippen LogP contribution is -2.19. The molecular weight excluding hydrogens is 459 g/mol. The fourth-order valence-electron chi connectivity index (χ4n) is 2.90. The van der Waals surface area contributed by atoms with Crippen molar-refractivity contribution in [3.05, 3.63) is 64.2 Å². The molecule has 3 rings (SSSR count). The quantitative estimate of drug-likeness (QED) is 0.384. The minimum absolute atomic E-state index is 0.0561. The number of nitrogens with zero attached hydrogens (tertiary/aromatic N) is 3. The van der Waals surface area contributed by atoms with Crippen molar-refractivity contribution in [1.82, 2.24) is 14.5 Å². The SMILES string of the molecule is C#CCOc1ccc(Cn2cc(-c3cc(C(F)(F)F)nc(S(C)=O)n3)ccc2=O)cc1OC. The molecule has 172 valence electrons. The van der Waals surface area contributed by atoms with Gasteiger partial charge in [0.2, 0.25) is 5.16 Å². The first-order valence-corrected chi connectivity index (χ1v) is 10.9. The third-order valence-corrected chi connectivity index (χ3v) is 5.12. The molecule has 2 aromatic heterocycles. The van der Waals surface area contributed by atoms with E-state index >= 15 is 0 Å². The zero-order valence-corrected chi connectivity index (χ0v) is 18.4. The molecule has 11 heteroatoms. The minimum atomic E-state index is -4.75. The number of hydrogen-bond donors (Lipinski definition) is 0. The fourth-order valence-corrected chi connectivity index (χ4v) is 3.35. The molecule has 0 amide bonds. The molecule has 1 atom stereocenters. The van der Waals surface area contributed by atoms with E-state index in [1.807, 2.05) is 0 Å². The molecule has 7 nitrogen and oxygen atoms in total. The molecule has 0 saturated carbocycles. The number of hydrogen-bond acceptors (Lipinski definition) is 6. The van der Waals surface area contributed by atoms with E-state index in [9.17, 15) is 22.2 Å². The van der Waals surface area contributed by atoms with E-state index in [0.29, 0.717) is 17.1 Å². The maximum absolute atomic E-state index is 13.3. The van der Waals surface area contributed by atoms with Crippen molar-refractivity contribution >= 4 is 10.8 Å². The van der Waals surface area contributed by atoms with Crippen molar-refractivity contribution in [1.29, 1.82) is 0 Å². The van der Waals surface area contributed by atoms with Crippen LogP contribution in [0.25, 0.3) is 11.3 Å². The van der Waals surface area contributed by atoms with Gasteiger partial charge >= 0.3 is 6.18 Å². The topological polar surface area (TPSA) is 83.3 Å². The number of ether oxygens (including phenoxy) is 2. The van der Waals surface area contributed by atoms with Crippen LogP contribution >= 0.6 is 0 Å². The molecular formula is C22H18F3N3O4S. The molecule has 0 saturated heterocycles. The van der Waals surface area contributed by atoms with E-state index in [1.54, 1.807) is 18.2 Å². The Labute approximate surface area is 189 Å². The Morgan fingerprint density at radius 3 is 2.55 bits per heavy atom. The van der Waals surface area contributed by atoms with Crippen molar-refractivity contribution in [3.63, 3.8) is 0 Å². The smallest absolute Gasteiger partial charge is 0.433 e. The molecule has 0 spiro atoms. The Hall–Kier alpha value is -3.65. The first kappa shape index (κ1) is 24.0. The second kappa shape index (κ2) is 9.87. The van der Waals surface area contributed by atoms with Crippen LogP contribution in [0.3, 0.4) is 0 Å². The summed E-state index contributed by atoms with van der Waals surface area (Å²) in [6.07, 6.45) is 3.01. The maximum Gasteiger partial charge on any atom is 0.433 e. The Morgan fingerprint density at radius 1 is 1.15 bits per heavy atom. The summed E-state index contributed by atoms with van der Waals surface area (Å²) in [6, 6.07) is 8.33. The Morgan fingerprint density at radius 2 is 1.91 bits per heavy atom. The molecule has 0 aliphatic carbocycles. The number of halogens is 3. The van der Waals surface area contributed by atoms with Crippen molar-refractivity contribution in [2.75, 3.05) is 20.0 Å². The van der Waals surface area contributed by atoms with Gasteiger partial charge in [-0.15, -0.1) is 6.42 Å². The first-order valence-electron chi connectivity index (χ1n) is 9.36. The van der Waals surface area contributed by atoms with Crippen LogP contribution in [-0.2, 0) is 23.5 Å². The largest absolute Gasteiger partial charge is 0.493 e. The lowest BCUT2D eigenvalue weighted by atomic mass is 10.1. The number of terminal acetylenes is 1. The molecule has 3 aromatic rings. The number of aromatic nitrogens is 3. The van der Waals surface area contributed by atoms with Crippen LogP contribution in [0.5, 0.6) is 11.5 Å². The van der Waals surface area contributed by atoms with Gasteiger partial charge < -0.3 is 14.0 Å². The van der Waals surface area contributed by atoms with Gasteiger partial charge in [0.1, 0.15) is 12.3 Å². The van der Waals surface area contributed by atoms with Crippen LogP contribution in [-0.4, -0.2) is 38.7 Å². The van der Waals surface area contributed by atoms with Gasteiger partial charge in [-0.1, -0.05) is 12.0 Å². The maximum atomic E-state index is 13.3. The van der Waals surface area contributed by atoms with Crippen LogP contribution in [0.1, 0.15) is 11.3 Å². The summed E-state index contributed by atoms with van der Waals surface area (Å²) in [5, 5.41) is -0.454. The van der Waals surface area contributed by atoms with Crippen molar-refractivity contribution in [2.45, 2.75) is 17.9 Å². The molecule has 0 fully saturated rings. The molecule has 33 heavy (non-hydrogen) atoms. The molecule has 0 N–H and O–H groups in total. The Kier molecular flexibility index (Phi) is 7.18. The average Bonchev–Trinajstić information content (AvgIpc) is 2.78. The lowest BCUT2D eigenvalue weighted by Gasteiger charge is -2.13. The molecule has 0 radical (unpaired) electrons. The summed E-state index contributed by atoms with van der Waals surface area (Å²) in [6.45, 7) is 0.156. The van der Waals surface area contributed by atoms with Crippen LogP contribution in [0.15, 0.2) is 52.5 Å². The fraction of sp³-hybridized carbons (Fsp3) is 0.227. The third-order valence-electron chi connectivity index (χ3n) is 4.42. The normalized spacial score (nSPS) is 12.1. The van der Waals surface area contributed by atoms with Crippen LogP contribution in [0.4, 0.5) is 13.2 Å². The summed E-state index contributed by atoms with van der Waals surface area (Å²) in [7, 11) is -0.381. The van der Waals surface area contributed by atoms with E-state index in [4.69, 9.17) is 15.9 Å². The van der Waals surface area contributed by atoms with Crippen LogP contribution in [0, 0.1) is 12.3 Å². The Balaban J connectivity index is 2.00. The van der Waals surface area contributed by atoms with Gasteiger partial charge in [-0.25, -0.2) is 9.97 Å². The molecule has 2 heterocycles. The zero-order valence-electron chi connectivity index (χ0n) is 17.5. The number of benzene rings is 1. The monoisotopic (exact) mass is 477 g/mol. The highest BCUT2D eigenvalue weighted by molar-refractivity contribution is 7.84. The highest BCUT2D eigenvalue weighted by atomic mass is 32.2. The highest BCUT2D eigenvalue weighted by Crippen LogP contribution is 2.31. The van der Waals surface area contributed by atoms with Crippen LogP contribution < -0.4 is 15.0 Å². The highest BCUT2D eigenvalue weighted by Gasteiger charge is 2.34. The van der Waals surface area contributed by atoms with E-state index < -0.39 is 27.8 Å². The van der Waals surface area contributed by atoms with Crippen molar-refractivity contribution < 1.29 is 26.9 Å². The van der Waals surface area contributed by atoms with Crippen molar-refractivity contribution in [2.24, 2.45) is 0 Å². The number of methoxy groups -OCH3 is 1. The molecule has 1 unspecified atom stereocenters. The van der Waals surface area contributed by atoms with Gasteiger partial charge in [-0.05, 0) is 29.8 Å². The summed E-state index contributed by atoms with van der Waals surface area (Å²) < 4.78 is 63.5. The lowest BCUT2D eigenvalue weighted by molar-refractivity contribution is -0.141. The zero-order chi connectivity index (χ0) is 24.2. The molecule has 1 aromatic carbocycles. The van der Waals surface area contributed by atoms with E-state index in [1.165, 1.54) is 36.3 Å². The van der Waals surface area contributed by atoms with E-state index in [0.717, 1.165) is 6.07 Å². The summed E-state index contributed by atoms with van der Waals surface area (Å²) >= 11 is 0. The molecule has 0 aliphatic rings. The predicted molar refractivity (Wildman–Crippen MR) is 115 cm³/mol. The van der Waals surface area contributed by atoms with Gasteiger partial charge in [-0.3, -0.25) is 9.00 Å². The predicted octanol–water partition coefficient (Wildman–Crippen LogP) is 3.13. The summed E-state index contributed by atoms with van der Waals surface area (Å²) in [4.78, 5) is 19.7. The second-order valence-corrected chi connectivity index (χ2v) is 8.01. The van der Waals surface area contributed by atoms with Crippen molar-refractivity contribution in [3.8, 4) is 35.1 Å². The average molecular weight is 477 g/mol. The number of pyridine rings is 1. The standard InChI is InChI=1S/C22H18F3N3O4S/c1-4-9-32-17-7-5-14(10-18(17)31-2)12-28-13-15(6-8-20(28)29)16-11-19(22(23,24)25)27-21(26-16)33(3)30/h1,5-8,10-11,13H,9,12H2,2-3H3. The first-order chi connectivity index (χ1) is 15.6. The summed E-state index contributed by atoms with van der Waals surface area (Å²) in [5.41, 5.74) is -0.798. The van der Waals surface area contributed by atoms with Gasteiger partial charge in [0, 0.05) is 24.1 Å². The minimum Gasteiger partial charge on any atom is -0.493 e. The van der Waals surface area contributed by atoms with Crippen LogP contribution in [0.2, 0.25) is 0 Å². The van der Waals surface area contributed by atoms with Gasteiger partial charge in [-0.2, -0.15) is 13.2 Å². The molecule has 0 aliphatic heterocycles.